The first-order valence-electron chi connectivity index (χ1n) is 7.34. The number of benzene rings is 1. The van der Waals surface area contributed by atoms with E-state index >= 15 is 0 Å². The molecule has 2 rings (SSSR count). The third kappa shape index (κ3) is 5.18. The van der Waals surface area contributed by atoms with Crippen molar-refractivity contribution in [1.29, 1.82) is 0 Å². The van der Waals surface area contributed by atoms with E-state index in [1.165, 1.54) is 16.9 Å². The summed E-state index contributed by atoms with van der Waals surface area (Å²) in [6.07, 6.45) is 0. The maximum Gasteiger partial charge on any atom is 0.516 e. The van der Waals surface area contributed by atoms with Gasteiger partial charge in [0.2, 0.25) is 5.89 Å². The van der Waals surface area contributed by atoms with E-state index in [1.807, 2.05) is 13.8 Å². The number of nitrogens with zero attached hydrogens (tertiary/aromatic N) is 2. The summed E-state index contributed by atoms with van der Waals surface area (Å²) in [5.41, 5.74) is -5.70. The summed E-state index contributed by atoms with van der Waals surface area (Å²) in [6, 6.07) is 4.81. The number of carbonyl (C=O) groups excluding carboxylic acids is 1. The summed E-state index contributed by atoms with van der Waals surface area (Å²) in [7, 11) is -5.56. The van der Waals surface area contributed by atoms with Crippen molar-refractivity contribution in [2.75, 3.05) is 11.3 Å². The lowest BCUT2D eigenvalue weighted by Crippen LogP contribution is -2.29. The Bertz CT molecular complexity index is 850. The molecule has 0 bridgehead atoms. The number of alkyl halides is 3. The zero-order valence-electron chi connectivity index (χ0n) is 14.0. The van der Waals surface area contributed by atoms with Crippen molar-refractivity contribution in [2.24, 2.45) is 0 Å². The topological polar surface area (TPSA) is 111 Å². The number of anilines is 1. The van der Waals surface area contributed by atoms with Crippen LogP contribution in [0.5, 0.6) is 0 Å². The van der Waals surface area contributed by atoms with Crippen LogP contribution in [-0.4, -0.2) is 36.7 Å². The van der Waals surface area contributed by atoms with Crippen molar-refractivity contribution >= 4 is 21.7 Å². The molecular formula is C14H16F3N3O5S. The predicted octanol–water partition coefficient (Wildman–Crippen LogP) is 3.20. The van der Waals surface area contributed by atoms with E-state index in [1.54, 1.807) is 6.92 Å². The molecule has 8 nitrogen and oxygen atoms in total. The van der Waals surface area contributed by atoms with Crippen molar-refractivity contribution in [3.05, 3.63) is 30.2 Å². The smallest absolute Gasteiger partial charge is 0.459 e. The van der Waals surface area contributed by atoms with Gasteiger partial charge in [-0.2, -0.15) is 21.6 Å². The van der Waals surface area contributed by atoms with Gasteiger partial charge >= 0.3 is 27.4 Å². The summed E-state index contributed by atoms with van der Waals surface area (Å²) >= 11 is 0. The number of aromatic nitrogens is 2. The minimum absolute atomic E-state index is 0.0885. The number of carbonyl (C=O) groups is 1. The molecule has 144 valence electrons. The van der Waals surface area contributed by atoms with E-state index in [2.05, 4.69) is 14.9 Å². The minimum atomic E-state index is -5.56. The van der Waals surface area contributed by atoms with Gasteiger partial charge in [0.15, 0.2) is 0 Å². The molecule has 0 saturated heterocycles. The second kappa shape index (κ2) is 8.65. The fraction of sp³-hybridized carbons (Fsp3) is 0.357. The number of esters is 1. The van der Waals surface area contributed by atoms with Gasteiger partial charge < -0.3 is 9.15 Å². The standard InChI is InChI=1S/C12H10F3N3O5S.C2H6/c1-2-22-11(19)10-17-16-9(23-10)7-4-3-5-8(6-7)18-24(20,21)12(13,14)15;1-2/h3-6,18H,2H2,1H3;1-2H3. The fourth-order valence-electron chi connectivity index (χ4n) is 1.54. The molecule has 1 heterocycles. The Morgan fingerprint density at radius 1 is 1.27 bits per heavy atom. The third-order valence-corrected chi connectivity index (χ3v) is 3.66. The maximum absolute atomic E-state index is 12.4. The molecule has 0 aliphatic rings. The lowest BCUT2D eigenvalue weighted by atomic mass is 10.2. The van der Waals surface area contributed by atoms with E-state index in [9.17, 15) is 26.4 Å². The molecule has 2 aromatic rings. The third-order valence-electron chi connectivity index (χ3n) is 2.54. The normalized spacial score (nSPS) is 11.3. The van der Waals surface area contributed by atoms with Crippen LogP contribution in [0.3, 0.4) is 0 Å². The van der Waals surface area contributed by atoms with Crippen molar-refractivity contribution in [3.8, 4) is 11.5 Å². The highest BCUT2D eigenvalue weighted by molar-refractivity contribution is 7.93. The highest BCUT2D eigenvalue weighted by atomic mass is 32.2. The van der Waals surface area contributed by atoms with Crippen molar-refractivity contribution in [2.45, 2.75) is 26.3 Å². The molecule has 0 aliphatic heterocycles. The van der Waals surface area contributed by atoms with Crippen LogP contribution >= 0.6 is 0 Å². The average Bonchev–Trinajstić information content (AvgIpc) is 3.06. The molecule has 0 amide bonds. The zero-order chi connectivity index (χ0) is 20.0. The van der Waals surface area contributed by atoms with E-state index in [4.69, 9.17) is 4.42 Å². The van der Waals surface area contributed by atoms with Crippen LogP contribution in [0.1, 0.15) is 31.5 Å². The van der Waals surface area contributed by atoms with E-state index in [0.29, 0.717) is 0 Å². The summed E-state index contributed by atoms with van der Waals surface area (Å²) in [5.74, 6) is -1.48. The van der Waals surface area contributed by atoms with Gasteiger partial charge in [-0.3, -0.25) is 4.72 Å². The average molecular weight is 395 g/mol. The van der Waals surface area contributed by atoms with Gasteiger partial charge in [0.25, 0.3) is 0 Å². The molecule has 0 fully saturated rings. The van der Waals surface area contributed by atoms with Crippen LogP contribution in [0.2, 0.25) is 0 Å². The van der Waals surface area contributed by atoms with Crippen molar-refractivity contribution in [3.63, 3.8) is 0 Å². The predicted molar refractivity (Wildman–Crippen MR) is 85.6 cm³/mol. The summed E-state index contributed by atoms with van der Waals surface area (Å²) in [4.78, 5) is 11.4. The molecule has 0 unspecified atom stereocenters. The monoisotopic (exact) mass is 395 g/mol. The Morgan fingerprint density at radius 2 is 1.92 bits per heavy atom. The summed E-state index contributed by atoms with van der Waals surface area (Å²) in [6.45, 7) is 5.66. The van der Waals surface area contributed by atoms with Gasteiger partial charge in [-0.05, 0) is 25.1 Å². The second-order valence-electron chi connectivity index (χ2n) is 4.26. The van der Waals surface area contributed by atoms with Gasteiger partial charge in [0, 0.05) is 11.3 Å². The van der Waals surface area contributed by atoms with E-state index in [0.717, 1.165) is 12.1 Å². The Balaban J connectivity index is 0.00000163. The molecule has 12 heteroatoms. The fourth-order valence-corrected chi connectivity index (χ4v) is 2.10. The molecule has 0 saturated carbocycles. The van der Waals surface area contributed by atoms with Crippen molar-refractivity contribution in [1.82, 2.24) is 10.2 Å². The lowest BCUT2D eigenvalue weighted by molar-refractivity contribution is -0.0429. The quantitative estimate of drug-likeness (QED) is 0.774. The van der Waals surface area contributed by atoms with Crippen LogP contribution in [0.4, 0.5) is 18.9 Å². The Hall–Kier alpha value is -2.63. The largest absolute Gasteiger partial charge is 0.516 e. The first-order chi connectivity index (χ1) is 12.1. The number of sulfonamides is 1. The SMILES string of the molecule is CC.CCOC(=O)c1nnc(-c2cccc(NS(=O)(=O)C(F)(F)F)c2)o1. The maximum atomic E-state index is 12.4. The van der Waals surface area contributed by atoms with Gasteiger partial charge in [-0.15, -0.1) is 10.2 Å². The van der Waals surface area contributed by atoms with Crippen LogP contribution in [-0.2, 0) is 14.8 Å². The Labute approximate surface area is 147 Å². The van der Waals surface area contributed by atoms with Gasteiger partial charge in [-0.1, -0.05) is 19.9 Å². The van der Waals surface area contributed by atoms with E-state index < -0.39 is 27.4 Å². The van der Waals surface area contributed by atoms with Gasteiger partial charge in [0.05, 0.1) is 6.61 Å². The number of halogens is 3. The number of ether oxygens (including phenoxy) is 1. The summed E-state index contributed by atoms with van der Waals surface area (Å²) in [5, 5.41) is 7.00. The second-order valence-corrected chi connectivity index (χ2v) is 5.94. The highest BCUT2D eigenvalue weighted by Gasteiger charge is 2.46. The minimum Gasteiger partial charge on any atom is -0.459 e. The first kappa shape index (κ1) is 21.4. The molecular weight excluding hydrogens is 379 g/mol. The molecule has 0 spiro atoms. The molecule has 26 heavy (non-hydrogen) atoms. The van der Waals surface area contributed by atoms with Crippen molar-refractivity contribution < 1.29 is 35.5 Å². The summed E-state index contributed by atoms with van der Waals surface area (Å²) < 4.78 is 70.3. The van der Waals surface area contributed by atoms with Gasteiger partial charge in [-0.25, -0.2) is 4.79 Å². The number of nitrogens with one attached hydrogen (secondary N) is 1. The zero-order valence-corrected chi connectivity index (χ0v) is 14.8. The number of hydrogen-bond donors (Lipinski definition) is 1. The highest BCUT2D eigenvalue weighted by Crippen LogP contribution is 2.27. The van der Waals surface area contributed by atoms with E-state index in [-0.39, 0.29) is 23.7 Å². The Morgan fingerprint density at radius 3 is 2.50 bits per heavy atom. The molecule has 0 radical (unpaired) electrons. The van der Waals surface area contributed by atoms with Crippen LogP contribution in [0.25, 0.3) is 11.5 Å². The number of hydrogen-bond acceptors (Lipinski definition) is 7. The molecule has 1 N–H and O–H groups in total. The van der Waals surface area contributed by atoms with Gasteiger partial charge in [0.1, 0.15) is 0 Å². The molecule has 1 aromatic heterocycles. The van der Waals surface area contributed by atoms with Crippen LogP contribution in [0.15, 0.2) is 28.7 Å². The molecule has 0 atom stereocenters. The lowest BCUT2D eigenvalue weighted by Gasteiger charge is -2.10. The van der Waals surface area contributed by atoms with Crippen LogP contribution < -0.4 is 4.72 Å². The number of rotatable bonds is 5. The first-order valence-corrected chi connectivity index (χ1v) is 8.82. The molecule has 1 aromatic carbocycles. The molecule has 0 aliphatic carbocycles. The Kier molecular flexibility index (Phi) is 7.12. The van der Waals surface area contributed by atoms with Crippen LogP contribution in [0, 0.1) is 0 Å².